The second-order valence-corrected chi connectivity index (χ2v) is 3.66. The van der Waals surface area contributed by atoms with Crippen molar-refractivity contribution >= 4 is 28.9 Å². The Labute approximate surface area is 109 Å². The molecule has 1 aliphatic carbocycles. The van der Waals surface area contributed by atoms with Crippen molar-refractivity contribution in [2.45, 2.75) is 0 Å². The van der Waals surface area contributed by atoms with E-state index in [1.807, 2.05) is 0 Å². The van der Waals surface area contributed by atoms with Crippen LogP contribution in [0.2, 0.25) is 0 Å². The minimum Gasteiger partial charge on any atom is -0.478 e. The van der Waals surface area contributed by atoms with Crippen LogP contribution in [0.5, 0.6) is 0 Å². The molecule has 0 saturated heterocycles. The van der Waals surface area contributed by atoms with Crippen molar-refractivity contribution in [2.24, 2.45) is 0 Å². The highest BCUT2D eigenvalue weighted by Crippen LogP contribution is 2.12. The molecule has 1 aliphatic rings. The van der Waals surface area contributed by atoms with Crippen LogP contribution in [0.4, 0.5) is 11.4 Å². The Bertz CT molecular complexity index is 530. The van der Waals surface area contributed by atoms with E-state index >= 15 is 0 Å². The molecule has 0 aromatic heterocycles. The molecular weight excluding hydrogens is 248 g/mol. The number of carboxylic acid groups (broad SMARTS) is 1. The predicted molar refractivity (Wildman–Crippen MR) is 70.5 cm³/mol. The Morgan fingerprint density at radius 2 is 1.21 bits per heavy atom. The number of carbonyl (C=O) groups excluding carboxylic acids is 2. The zero-order valence-electron chi connectivity index (χ0n) is 9.87. The van der Waals surface area contributed by atoms with Gasteiger partial charge in [-0.2, -0.15) is 0 Å². The summed E-state index contributed by atoms with van der Waals surface area (Å²) in [5.41, 5.74) is 11.5. The highest BCUT2D eigenvalue weighted by Gasteiger charge is 2.03. The van der Waals surface area contributed by atoms with Crippen molar-refractivity contribution in [3.8, 4) is 0 Å². The van der Waals surface area contributed by atoms with Crippen LogP contribution in [0.15, 0.2) is 42.5 Å². The molecule has 98 valence electrons. The Balaban J connectivity index is 0.000000200. The molecule has 6 nitrogen and oxygen atoms in total. The van der Waals surface area contributed by atoms with Crippen LogP contribution in [0, 0.1) is 0 Å². The van der Waals surface area contributed by atoms with Crippen LogP contribution in [0.25, 0.3) is 0 Å². The molecule has 5 N–H and O–H groups in total. The summed E-state index contributed by atoms with van der Waals surface area (Å²) in [6, 6.07) is 4.23. The average molecular weight is 260 g/mol. The number of hydrogen-bond donors (Lipinski definition) is 3. The number of nitrogens with two attached hydrogens (primary N) is 2. The topological polar surface area (TPSA) is 123 Å². The van der Waals surface area contributed by atoms with Gasteiger partial charge in [-0.3, -0.25) is 9.59 Å². The summed E-state index contributed by atoms with van der Waals surface area (Å²) in [4.78, 5) is 31.0. The Hall–Kier alpha value is -2.89. The quantitative estimate of drug-likeness (QED) is 0.507. The van der Waals surface area contributed by atoms with Crippen molar-refractivity contribution in [1.82, 2.24) is 0 Å². The molecule has 1 aromatic carbocycles. The molecule has 1 aromatic rings. The fourth-order valence-electron chi connectivity index (χ4n) is 1.24. The van der Waals surface area contributed by atoms with Crippen LogP contribution in [0.3, 0.4) is 0 Å². The van der Waals surface area contributed by atoms with Crippen molar-refractivity contribution in [1.29, 1.82) is 0 Å². The molecule has 0 radical (unpaired) electrons. The number of carbonyl (C=O) groups is 3. The van der Waals surface area contributed by atoms with Gasteiger partial charge < -0.3 is 16.6 Å². The van der Waals surface area contributed by atoms with Crippen LogP contribution >= 0.6 is 0 Å². The fraction of sp³-hybridized carbons (Fsp3) is 0. The van der Waals surface area contributed by atoms with Crippen LogP contribution in [-0.4, -0.2) is 22.6 Å². The summed E-state index contributed by atoms with van der Waals surface area (Å²) >= 11 is 0. The largest absolute Gasteiger partial charge is 0.478 e. The van der Waals surface area contributed by atoms with Crippen molar-refractivity contribution in [3.05, 3.63) is 48.1 Å². The molecule has 0 saturated carbocycles. The van der Waals surface area contributed by atoms with E-state index in [2.05, 4.69) is 0 Å². The molecule has 0 amide bonds. The number of carboxylic acids is 1. The number of rotatable bonds is 1. The predicted octanol–water partition coefficient (Wildman–Crippen LogP) is 0.800. The van der Waals surface area contributed by atoms with Gasteiger partial charge in [-0.1, -0.05) is 0 Å². The summed E-state index contributed by atoms with van der Waals surface area (Å²) in [6.07, 6.45) is 5.01. The molecule has 0 fully saturated rings. The van der Waals surface area contributed by atoms with Crippen LogP contribution in [-0.2, 0) is 9.59 Å². The second kappa shape index (κ2) is 6.15. The number of hydrogen-bond acceptors (Lipinski definition) is 5. The lowest BCUT2D eigenvalue weighted by atomic mass is 10.2. The smallest absolute Gasteiger partial charge is 0.335 e. The summed E-state index contributed by atoms with van der Waals surface area (Å²) in [5.74, 6) is -1.27. The monoisotopic (exact) mass is 260 g/mol. The standard InChI is InChI=1S/C7H8N2O2.C6H4O2/c8-5-1-4(7(10)11)2-6(9)3-5;7-5-1-2-6(8)4-3-5/h1-3H,8-9H2,(H,10,11);1-4H. The number of benzene rings is 1. The van der Waals surface area contributed by atoms with Crippen molar-refractivity contribution < 1.29 is 19.5 Å². The molecule has 0 spiro atoms. The van der Waals surface area contributed by atoms with Gasteiger partial charge >= 0.3 is 5.97 Å². The first-order valence-corrected chi connectivity index (χ1v) is 5.22. The molecule has 0 atom stereocenters. The van der Waals surface area contributed by atoms with Crippen LogP contribution < -0.4 is 11.5 Å². The van der Waals surface area contributed by atoms with Gasteiger partial charge in [0.1, 0.15) is 0 Å². The van der Waals surface area contributed by atoms with Crippen LogP contribution in [0.1, 0.15) is 10.4 Å². The first-order chi connectivity index (χ1) is 8.88. The van der Waals surface area contributed by atoms with E-state index in [4.69, 9.17) is 16.6 Å². The van der Waals surface area contributed by atoms with Crippen molar-refractivity contribution in [3.63, 3.8) is 0 Å². The van der Waals surface area contributed by atoms with E-state index in [0.717, 1.165) is 0 Å². The third kappa shape index (κ3) is 4.86. The number of ketones is 2. The SMILES string of the molecule is Nc1cc(N)cc(C(=O)O)c1.O=C1C=CC(=O)C=C1. The van der Waals surface area contributed by atoms with E-state index in [9.17, 15) is 14.4 Å². The zero-order chi connectivity index (χ0) is 14.4. The third-order valence-electron chi connectivity index (χ3n) is 2.05. The lowest BCUT2D eigenvalue weighted by Gasteiger charge is -1.98. The highest BCUT2D eigenvalue weighted by molar-refractivity contribution is 6.14. The van der Waals surface area contributed by atoms with Gasteiger partial charge in [0.25, 0.3) is 0 Å². The summed E-state index contributed by atoms with van der Waals surface area (Å²) in [7, 11) is 0. The zero-order valence-corrected chi connectivity index (χ0v) is 9.87. The first kappa shape index (κ1) is 14.2. The molecule has 0 unspecified atom stereocenters. The van der Waals surface area contributed by atoms with Gasteiger partial charge in [0.15, 0.2) is 11.6 Å². The van der Waals surface area contributed by atoms with Gasteiger partial charge in [0.05, 0.1) is 5.56 Å². The maximum absolute atomic E-state index is 10.4. The molecule has 2 rings (SSSR count). The number of aromatic carboxylic acids is 1. The molecule has 19 heavy (non-hydrogen) atoms. The van der Waals surface area contributed by atoms with Gasteiger partial charge in [-0.05, 0) is 42.5 Å². The van der Waals surface area contributed by atoms with E-state index in [-0.39, 0.29) is 17.1 Å². The molecule has 6 heteroatoms. The van der Waals surface area contributed by atoms with Gasteiger partial charge in [0, 0.05) is 11.4 Å². The maximum Gasteiger partial charge on any atom is 0.335 e. The van der Waals surface area contributed by atoms with E-state index in [1.54, 1.807) is 0 Å². The first-order valence-electron chi connectivity index (χ1n) is 5.22. The number of nitrogen functional groups attached to an aromatic ring is 2. The lowest BCUT2D eigenvalue weighted by molar-refractivity contribution is -0.113. The molecule has 0 aliphatic heterocycles. The minimum absolute atomic E-state index is 0.113. The van der Waals surface area contributed by atoms with Gasteiger partial charge in [-0.15, -0.1) is 0 Å². The Kier molecular flexibility index (Phi) is 4.59. The van der Waals surface area contributed by atoms with Crippen molar-refractivity contribution in [2.75, 3.05) is 11.5 Å². The lowest BCUT2D eigenvalue weighted by Crippen LogP contribution is -1.99. The maximum atomic E-state index is 10.4. The summed E-state index contributed by atoms with van der Waals surface area (Å²) in [6.45, 7) is 0. The van der Waals surface area contributed by atoms with E-state index in [0.29, 0.717) is 11.4 Å². The molecular formula is C13H12N2O4. The van der Waals surface area contributed by atoms with Gasteiger partial charge in [0.2, 0.25) is 0 Å². The highest BCUT2D eigenvalue weighted by atomic mass is 16.4. The minimum atomic E-state index is -1.02. The number of anilines is 2. The summed E-state index contributed by atoms with van der Waals surface area (Å²) in [5, 5.41) is 8.52. The normalized spacial score (nSPS) is 12.8. The number of allylic oxidation sites excluding steroid dienone is 4. The fourth-order valence-corrected chi connectivity index (χ4v) is 1.24. The second-order valence-electron chi connectivity index (χ2n) is 3.66. The average Bonchev–Trinajstić information content (AvgIpc) is 2.32. The molecule has 0 bridgehead atoms. The molecule has 0 heterocycles. The third-order valence-corrected chi connectivity index (χ3v) is 2.05. The Morgan fingerprint density at radius 1 is 0.842 bits per heavy atom. The van der Waals surface area contributed by atoms with E-state index in [1.165, 1.54) is 42.5 Å². The Morgan fingerprint density at radius 3 is 1.53 bits per heavy atom. The van der Waals surface area contributed by atoms with E-state index < -0.39 is 5.97 Å². The summed E-state index contributed by atoms with van der Waals surface area (Å²) < 4.78 is 0. The van der Waals surface area contributed by atoms with Gasteiger partial charge in [-0.25, -0.2) is 4.79 Å².